The summed E-state index contributed by atoms with van der Waals surface area (Å²) < 4.78 is 15.0. The molecule has 94 valence electrons. The molecule has 0 aliphatic carbocycles. The van der Waals surface area contributed by atoms with Crippen LogP contribution in [0.1, 0.15) is 22.7 Å². The molecule has 0 amide bonds. The van der Waals surface area contributed by atoms with E-state index in [4.69, 9.17) is 5.73 Å². The highest BCUT2D eigenvalue weighted by atomic mass is 79.9. The molecule has 0 spiro atoms. The molecule has 0 heterocycles. The lowest BCUT2D eigenvalue weighted by Crippen LogP contribution is -2.13. The molecule has 0 saturated carbocycles. The standard InChI is InChI=1S/C14H12Br2FN/c1-8-4-12(17)2-3-13(8)14(18)9-5-10(15)7-11(16)6-9/h2-7,14H,18H2,1H3. The molecule has 0 radical (unpaired) electrons. The van der Waals surface area contributed by atoms with Crippen LogP contribution in [0.25, 0.3) is 0 Å². The summed E-state index contributed by atoms with van der Waals surface area (Å²) >= 11 is 6.88. The van der Waals surface area contributed by atoms with Crippen LogP contribution in [-0.4, -0.2) is 0 Å². The van der Waals surface area contributed by atoms with Crippen molar-refractivity contribution in [2.45, 2.75) is 13.0 Å². The van der Waals surface area contributed by atoms with E-state index in [0.29, 0.717) is 0 Å². The summed E-state index contributed by atoms with van der Waals surface area (Å²) in [6.45, 7) is 1.87. The Hall–Kier alpha value is -0.710. The lowest BCUT2D eigenvalue weighted by atomic mass is 9.96. The summed E-state index contributed by atoms with van der Waals surface area (Å²) in [7, 11) is 0. The van der Waals surface area contributed by atoms with Gasteiger partial charge in [-0.1, -0.05) is 37.9 Å². The van der Waals surface area contributed by atoms with Crippen LogP contribution < -0.4 is 5.73 Å². The van der Waals surface area contributed by atoms with Crippen molar-refractivity contribution in [1.82, 2.24) is 0 Å². The third kappa shape index (κ3) is 2.99. The van der Waals surface area contributed by atoms with Crippen molar-refractivity contribution in [2.75, 3.05) is 0 Å². The number of halogens is 3. The zero-order chi connectivity index (χ0) is 13.3. The molecule has 0 fully saturated rings. The van der Waals surface area contributed by atoms with Gasteiger partial charge >= 0.3 is 0 Å². The van der Waals surface area contributed by atoms with Crippen LogP contribution in [0.4, 0.5) is 4.39 Å². The minimum Gasteiger partial charge on any atom is -0.320 e. The quantitative estimate of drug-likeness (QED) is 0.811. The fourth-order valence-corrected chi connectivity index (χ4v) is 3.25. The molecule has 1 atom stereocenters. The molecule has 0 saturated heterocycles. The average Bonchev–Trinajstić information content (AvgIpc) is 2.26. The Kier molecular flexibility index (Phi) is 4.20. The van der Waals surface area contributed by atoms with Gasteiger partial charge in [0, 0.05) is 8.95 Å². The lowest BCUT2D eigenvalue weighted by Gasteiger charge is -2.16. The molecule has 18 heavy (non-hydrogen) atoms. The van der Waals surface area contributed by atoms with Crippen molar-refractivity contribution in [3.63, 3.8) is 0 Å². The molecule has 0 aliphatic heterocycles. The largest absolute Gasteiger partial charge is 0.320 e. The van der Waals surface area contributed by atoms with Gasteiger partial charge in [-0.2, -0.15) is 0 Å². The Morgan fingerprint density at radius 1 is 1.06 bits per heavy atom. The zero-order valence-electron chi connectivity index (χ0n) is 9.75. The first-order chi connectivity index (χ1) is 8.47. The van der Waals surface area contributed by atoms with Crippen LogP contribution in [0.2, 0.25) is 0 Å². The fourth-order valence-electron chi connectivity index (χ4n) is 1.92. The van der Waals surface area contributed by atoms with Crippen LogP contribution in [0, 0.1) is 12.7 Å². The third-order valence-electron chi connectivity index (χ3n) is 2.81. The molecular weight excluding hydrogens is 361 g/mol. The van der Waals surface area contributed by atoms with Crippen molar-refractivity contribution in [3.8, 4) is 0 Å². The number of benzene rings is 2. The maximum atomic E-state index is 13.1. The van der Waals surface area contributed by atoms with E-state index in [1.807, 2.05) is 25.1 Å². The lowest BCUT2D eigenvalue weighted by molar-refractivity contribution is 0.624. The molecule has 4 heteroatoms. The van der Waals surface area contributed by atoms with E-state index in [1.165, 1.54) is 12.1 Å². The second kappa shape index (κ2) is 5.51. The summed E-state index contributed by atoms with van der Waals surface area (Å²) in [6.07, 6.45) is 0. The van der Waals surface area contributed by atoms with Crippen molar-refractivity contribution in [3.05, 3.63) is 67.9 Å². The SMILES string of the molecule is Cc1cc(F)ccc1C(N)c1cc(Br)cc(Br)c1. The van der Waals surface area contributed by atoms with Crippen LogP contribution in [0.5, 0.6) is 0 Å². The second-order valence-corrected chi connectivity index (χ2v) is 6.01. The molecule has 2 aromatic rings. The smallest absolute Gasteiger partial charge is 0.123 e. The Morgan fingerprint density at radius 3 is 2.22 bits per heavy atom. The Morgan fingerprint density at radius 2 is 1.67 bits per heavy atom. The molecule has 0 aliphatic rings. The third-order valence-corrected chi connectivity index (χ3v) is 3.73. The Labute approximate surface area is 122 Å². The number of aryl methyl sites for hydroxylation is 1. The van der Waals surface area contributed by atoms with E-state index < -0.39 is 0 Å². The molecule has 2 N–H and O–H groups in total. The van der Waals surface area contributed by atoms with Crippen LogP contribution >= 0.6 is 31.9 Å². The highest BCUT2D eigenvalue weighted by molar-refractivity contribution is 9.11. The highest BCUT2D eigenvalue weighted by Crippen LogP contribution is 2.28. The van der Waals surface area contributed by atoms with E-state index in [0.717, 1.165) is 25.6 Å². The van der Waals surface area contributed by atoms with Gasteiger partial charge in [-0.05, 0) is 53.9 Å². The number of hydrogen-bond donors (Lipinski definition) is 1. The van der Waals surface area contributed by atoms with Gasteiger partial charge in [0.15, 0.2) is 0 Å². The average molecular weight is 373 g/mol. The monoisotopic (exact) mass is 371 g/mol. The van der Waals surface area contributed by atoms with Crippen LogP contribution in [0.3, 0.4) is 0 Å². The van der Waals surface area contributed by atoms with E-state index >= 15 is 0 Å². The van der Waals surface area contributed by atoms with E-state index in [2.05, 4.69) is 31.9 Å². The van der Waals surface area contributed by atoms with Gasteiger partial charge in [0.05, 0.1) is 6.04 Å². The summed E-state index contributed by atoms with van der Waals surface area (Å²) in [4.78, 5) is 0. The molecule has 2 rings (SSSR count). The van der Waals surface area contributed by atoms with Gasteiger partial charge in [-0.15, -0.1) is 0 Å². The van der Waals surface area contributed by atoms with Crippen molar-refractivity contribution in [1.29, 1.82) is 0 Å². The highest BCUT2D eigenvalue weighted by Gasteiger charge is 2.13. The number of nitrogens with two attached hydrogens (primary N) is 1. The summed E-state index contributed by atoms with van der Waals surface area (Å²) in [5.74, 6) is -0.237. The van der Waals surface area contributed by atoms with Gasteiger partial charge in [-0.3, -0.25) is 0 Å². The fraction of sp³-hybridized carbons (Fsp3) is 0.143. The predicted octanol–water partition coefficient (Wildman–Crippen LogP) is 4.71. The molecular formula is C14H12Br2FN. The van der Waals surface area contributed by atoms with Gasteiger partial charge in [0.25, 0.3) is 0 Å². The topological polar surface area (TPSA) is 26.0 Å². The van der Waals surface area contributed by atoms with Gasteiger partial charge in [0.2, 0.25) is 0 Å². The summed E-state index contributed by atoms with van der Waals surface area (Å²) in [6, 6.07) is 10.3. The Bertz CT molecular complexity index is 564. The van der Waals surface area contributed by atoms with E-state index in [9.17, 15) is 4.39 Å². The van der Waals surface area contributed by atoms with E-state index in [-0.39, 0.29) is 11.9 Å². The minimum absolute atomic E-state index is 0.237. The van der Waals surface area contributed by atoms with Gasteiger partial charge < -0.3 is 5.73 Å². The van der Waals surface area contributed by atoms with Crippen LogP contribution in [-0.2, 0) is 0 Å². The van der Waals surface area contributed by atoms with Crippen LogP contribution in [0.15, 0.2) is 45.3 Å². The molecule has 0 bridgehead atoms. The maximum Gasteiger partial charge on any atom is 0.123 e. The van der Waals surface area contributed by atoms with Gasteiger partial charge in [-0.25, -0.2) is 4.39 Å². The number of rotatable bonds is 2. The Balaban J connectivity index is 2.44. The normalized spacial score (nSPS) is 12.5. The van der Waals surface area contributed by atoms with Gasteiger partial charge in [0.1, 0.15) is 5.82 Å². The zero-order valence-corrected chi connectivity index (χ0v) is 12.9. The first-order valence-corrected chi connectivity index (χ1v) is 7.03. The molecule has 1 unspecified atom stereocenters. The molecule has 1 nitrogen and oxygen atoms in total. The number of hydrogen-bond acceptors (Lipinski definition) is 1. The van der Waals surface area contributed by atoms with E-state index in [1.54, 1.807) is 6.07 Å². The predicted molar refractivity (Wildman–Crippen MR) is 79.0 cm³/mol. The first-order valence-electron chi connectivity index (χ1n) is 5.45. The molecule has 0 aromatic heterocycles. The second-order valence-electron chi connectivity index (χ2n) is 4.18. The minimum atomic E-state index is -0.264. The molecule has 2 aromatic carbocycles. The summed E-state index contributed by atoms with van der Waals surface area (Å²) in [5.41, 5.74) is 9.01. The van der Waals surface area contributed by atoms with Crippen molar-refractivity contribution < 1.29 is 4.39 Å². The summed E-state index contributed by atoms with van der Waals surface area (Å²) in [5, 5.41) is 0. The van der Waals surface area contributed by atoms with Crippen molar-refractivity contribution >= 4 is 31.9 Å². The van der Waals surface area contributed by atoms with Crippen molar-refractivity contribution in [2.24, 2.45) is 5.73 Å². The first kappa shape index (κ1) is 13.7. The maximum absolute atomic E-state index is 13.1.